The molecule has 0 aliphatic rings. The Kier molecular flexibility index (Phi) is 3.59. The summed E-state index contributed by atoms with van der Waals surface area (Å²) in [5.74, 6) is -0.890. The van der Waals surface area contributed by atoms with Gasteiger partial charge in [0.15, 0.2) is 0 Å². The summed E-state index contributed by atoms with van der Waals surface area (Å²) in [5, 5.41) is 8.80. The van der Waals surface area contributed by atoms with Gasteiger partial charge in [-0.1, -0.05) is 40.2 Å². The lowest BCUT2D eigenvalue weighted by Gasteiger charge is -2.03. The number of benzene rings is 2. The highest BCUT2D eigenvalue weighted by Gasteiger charge is 2.02. The number of carbonyl (C=O) groups is 1. The monoisotopic (exact) mass is 290 g/mol. The Labute approximate surface area is 108 Å². The van der Waals surface area contributed by atoms with E-state index in [4.69, 9.17) is 5.11 Å². The molecule has 0 bridgehead atoms. The smallest absolute Gasteiger partial charge is 0.335 e. The first-order valence-electron chi connectivity index (χ1n) is 5.22. The zero-order valence-corrected chi connectivity index (χ0v) is 10.6. The first-order chi connectivity index (χ1) is 8.15. The Morgan fingerprint density at radius 2 is 1.76 bits per heavy atom. The molecule has 0 amide bonds. The van der Waals surface area contributed by atoms with Crippen molar-refractivity contribution in [1.82, 2.24) is 0 Å². The second-order valence-corrected chi connectivity index (χ2v) is 4.72. The van der Waals surface area contributed by atoms with Crippen LogP contribution in [0.1, 0.15) is 21.5 Å². The highest BCUT2D eigenvalue weighted by Crippen LogP contribution is 2.15. The van der Waals surface area contributed by atoms with Gasteiger partial charge in [0, 0.05) is 4.47 Å². The van der Waals surface area contributed by atoms with E-state index in [0.29, 0.717) is 5.56 Å². The van der Waals surface area contributed by atoms with E-state index in [9.17, 15) is 4.79 Å². The second-order valence-electron chi connectivity index (χ2n) is 3.81. The van der Waals surface area contributed by atoms with Crippen LogP contribution in [0.15, 0.2) is 53.0 Å². The molecule has 0 radical (unpaired) electrons. The summed E-state index contributed by atoms with van der Waals surface area (Å²) in [6.45, 7) is 0. The minimum absolute atomic E-state index is 0.322. The van der Waals surface area contributed by atoms with Gasteiger partial charge in [-0.3, -0.25) is 0 Å². The predicted octanol–water partition coefficient (Wildman–Crippen LogP) is 3.74. The van der Waals surface area contributed by atoms with Gasteiger partial charge >= 0.3 is 5.97 Å². The second kappa shape index (κ2) is 5.15. The molecule has 0 saturated heterocycles. The van der Waals surface area contributed by atoms with Crippen molar-refractivity contribution in [2.45, 2.75) is 6.42 Å². The van der Waals surface area contributed by atoms with Crippen molar-refractivity contribution in [2.24, 2.45) is 0 Å². The fourth-order valence-corrected chi connectivity index (χ4v) is 2.09. The Morgan fingerprint density at radius 1 is 1.06 bits per heavy atom. The van der Waals surface area contributed by atoms with Gasteiger partial charge in [0.05, 0.1) is 5.56 Å². The molecule has 3 heteroatoms. The van der Waals surface area contributed by atoms with E-state index in [1.807, 2.05) is 24.3 Å². The van der Waals surface area contributed by atoms with Crippen molar-refractivity contribution in [3.8, 4) is 0 Å². The third-order valence-corrected chi connectivity index (χ3v) is 2.99. The Balaban J connectivity index is 2.16. The maximum absolute atomic E-state index is 10.7. The van der Waals surface area contributed by atoms with E-state index in [0.717, 1.165) is 16.5 Å². The van der Waals surface area contributed by atoms with Crippen LogP contribution in [0.25, 0.3) is 0 Å². The molecule has 0 aliphatic carbocycles. The van der Waals surface area contributed by atoms with Gasteiger partial charge in [-0.2, -0.15) is 0 Å². The van der Waals surface area contributed by atoms with Crippen LogP contribution in [-0.2, 0) is 6.42 Å². The van der Waals surface area contributed by atoms with Gasteiger partial charge in [0.2, 0.25) is 0 Å². The molecule has 0 aromatic heterocycles. The summed E-state index contributed by atoms with van der Waals surface area (Å²) in [4.78, 5) is 10.7. The number of rotatable bonds is 3. The zero-order valence-electron chi connectivity index (χ0n) is 9.06. The highest BCUT2D eigenvalue weighted by molar-refractivity contribution is 9.10. The SMILES string of the molecule is O=C(O)c1ccc(Cc2cccc(Br)c2)cc1. The number of halogens is 1. The Bertz CT molecular complexity index is 532. The standard InChI is InChI=1S/C14H11BrO2/c15-13-3-1-2-11(9-13)8-10-4-6-12(7-5-10)14(16)17/h1-7,9H,8H2,(H,16,17). The summed E-state index contributed by atoms with van der Waals surface area (Å²) in [6.07, 6.45) is 0.805. The summed E-state index contributed by atoms with van der Waals surface area (Å²) < 4.78 is 1.05. The number of hydrogen-bond donors (Lipinski definition) is 1. The molecular weight excluding hydrogens is 280 g/mol. The minimum Gasteiger partial charge on any atom is -0.478 e. The van der Waals surface area contributed by atoms with E-state index < -0.39 is 5.97 Å². The van der Waals surface area contributed by atoms with Crippen molar-refractivity contribution >= 4 is 21.9 Å². The molecule has 0 atom stereocenters. The van der Waals surface area contributed by atoms with Crippen LogP contribution in [0.4, 0.5) is 0 Å². The quantitative estimate of drug-likeness (QED) is 0.935. The molecule has 0 heterocycles. The lowest BCUT2D eigenvalue weighted by atomic mass is 10.0. The fourth-order valence-electron chi connectivity index (χ4n) is 1.65. The zero-order chi connectivity index (χ0) is 12.3. The van der Waals surface area contributed by atoms with Crippen molar-refractivity contribution in [2.75, 3.05) is 0 Å². The molecule has 2 aromatic rings. The van der Waals surface area contributed by atoms with Crippen molar-refractivity contribution in [3.05, 3.63) is 69.7 Å². The van der Waals surface area contributed by atoms with Crippen LogP contribution < -0.4 is 0 Å². The Morgan fingerprint density at radius 3 is 2.35 bits per heavy atom. The van der Waals surface area contributed by atoms with Crippen LogP contribution in [0, 0.1) is 0 Å². The molecule has 0 spiro atoms. The highest BCUT2D eigenvalue weighted by atomic mass is 79.9. The third kappa shape index (κ3) is 3.17. The van der Waals surface area contributed by atoms with Gasteiger partial charge in [-0.15, -0.1) is 0 Å². The maximum atomic E-state index is 10.7. The summed E-state index contributed by atoms with van der Waals surface area (Å²) >= 11 is 3.43. The van der Waals surface area contributed by atoms with Crippen LogP contribution in [0.5, 0.6) is 0 Å². The van der Waals surface area contributed by atoms with Crippen LogP contribution >= 0.6 is 15.9 Å². The lowest BCUT2D eigenvalue weighted by molar-refractivity contribution is 0.0697. The number of carboxylic acid groups (broad SMARTS) is 1. The maximum Gasteiger partial charge on any atom is 0.335 e. The largest absolute Gasteiger partial charge is 0.478 e. The molecular formula is C14H11BrO2. The molecule has 0 aliphatic heterocycles. The normalized spacial score (nSPS) is 10.2. The van der Waals surface area contributed by atoms with Crippen LogP contribution in [0.3, 0.4) is 0 Å². The minimum atomic E-state index is -0.890. The number of carboxylic acids is 1. The van der Waals surface area contributed by atoms with E-state index >= 15 is 0 Å². The van der Waals surface area contributed by atoms with Gasteiger partial charge in [0.1, 0.15) is 0 Å². The van der Waals surface area contributed by atoms with Crippen LogP contribution in [-0.4, -0.2) is 11.1 Å². The van der Waals surface area contributed by atoms with Crippen molar-refractivity contribution < 1.29 is 9.90 Å². The van der Waals surface area contributed by atoms with Crippen molar-refractivity contribution in [1.29, 1.82) is 0 Å². The molecule has 0 unspecified atom stereocenters. The van der Waals surface area contributed by atoms with Gasteiger partial charge in [-0.05, 0) is 41.8 Å². The Hall–Kier alpha value is -1.61. The first kappa shape index (κ1) is 11.9. The molecule has 2 rings (SSSR count). The van der Waals surface area contributed by atoms with E-state index in [2.05, 4.69) is 28.1 Å². The molecule has 2 nitrogen and oxygen atoms in total. The first-order valence-corrected chi connectivity index (χ1v) is 6.01. The fraction of sp³-hybridized carbons (Fsp3) is 0.0714. The summed E-state index contributed by atoms with van der Waals surface area (Å²) in [5.41, 5.74) is 2.62. The molecule has 0 fully saturated rings. The molecule has 2 aromatic carbocycles. The molecule has 1 N–H and O–H groups in total. The van der Waals surface area contributed by atoms with Gasteiger partial charge in [0.25, 0.3) is 0 Å². The van der Waals surface area contributed by atoms with Gasteiger partial charge in [-0.25, -0.2) is 4.79 Å². The van der Waals surface area contributed by atoms with E-state index in [-0.39, 0.29) is 0 Å². The summed E-state index contributed by atoms with van der Waals surface area (Å²) in [7, 11) is 0. The molecule has 17 heavy (non-hydrogen) atoms. The van der Waals surface area contributed by atoms with Gasteiger partial charge < -0.3 is 5.11 Å². The molecule has 86 valence electrons. The van der Waals surface area contributed by atoms with Crippen molar-refractivity contribution in [3.63, 3.8) is 0 Å². The number of hydrogen-bond acceptors (Lipinski definition) is 1. The van der Waals surface area contributed by atoms with Crippen LogP contribution in [0.2, 0.25) is 0 Å². The lowest BCUT2D eigenvalue weighted by Crippen LogP contribution is -1.96. The average Bonchev–Trinajstić information content (AvgIpc) is 2.29. The predicted molar refractivity (Wildman–Crippen MR) is 70.3 cm³/mol. The van der Waals surface area contributed by atoms with E-state index in [1.54, 1.807) is 12.1 Å². The third-order valence-electron chi connectivity index (χ3n) is 2.50. The average molecular weight is 291 g/mol. The van der Waals surface area contributed by atoms with E-state index in [1.165, 1.54) is 5.56 Å². The number of aromatic carboxylic acids is 1. The summed E-state index contributed by atoms with van der Waals surface area (Å²) in [6, 6.07) is 15.1. The topological polar surface area (TPSA) is 37.3 Å². The molecule has 0 saturated carbocycles.